The highest BCUT2D eigenvalue weighted by Crippen LogP contribution is 2.14. The monoisotopic (exact) mass is 254 g/mol. The van der Waals surface area contributed by atoms with Gasteiger partial charge in [-0.3, -0.25) is 9.78 Å². The molecule has 19 heavy (non-hydrogen) atoms. The Balaban J connectivity index is 1.70. The number of rotatable bonds is 3. The van der Waals surface area contributed by atoms with Crippen molar-refractivity contribution in [2.75, 3.05) is 0 Å². The Kier molecular flexibility index (Phi) is 2.89. The van der Waals surface area contributed by atoms with Crippen molar-refractivity contribution in [2.24, 2.45) is 0 Å². The van der Waals surface area contributed by atoms with E-state index in [4.69, 9.17) is 4.42 Å². The van der Waals surface area contributed by atoms with Gasteiger partial charge in [0.2, 0.25) is 0 Å². The number of benzene rings is 1. The minimum Gasteiger partial charge on any atom is -0.443 e. The second-order valence-electron chi connectivity index (χ2n) is 3.93. The minimum atomic E-state index is -0.259. The fourth-order valence-electron chi connectivity index (χ4n) is 1.70. The third-order valence-corrected chi connectivity index (χ3v) is 2.64. The lowest BCUT2D eigenvalue weighted by Gasteiger charge is -2.04. The number of nitrogens with one attached hydrogen (secondary N) is 1. The molecule has 0 spiro atoms. The highest BCUT2D eigenvalue weighted by molar-refractivity contribution is 5.91. The number of hydrogen-bond acceptors (Lipinski definition) is 5. The SMILES string of the molecule is O=C(NCc1ccc2ncoc2c1)c1cnccn1. The first-order chi connectivity index (χ1) is 9.33. The number of oxazole rings is 1. The molecule has 3 rings (SSSR count). The molecule has 3 aromatic rings. The molecule has 1 amide bonds. The highest BCUT2D eigenvalue weighted by Gasteiger charge is 2.07. The van der Waals surface area contributed by atoms with Crippen LogP contribution >= 0.6 is 0 Å². The van der Waals surface area contributed by atoms with Crippen LogP contribution in [0.5, 0.6) is 0 Å². The smallest absolute Gasteiger partial charge is 0.271 e. The maximum absolute atomic E-state index is 11.8. The first-order valence-corrected chi connectivity index (χ1v) is 5.69. The largest absolute Gasteiger partial charge is 0.443 e. The lowest BCUT2D eigenvalue weighted by molar-refractivity contribution is 0.0945. The van der Waals surface area contributed by atoms with Crippen LogP contribution in [0.2, 0.25) is 0 Å². The van der Waals surface area contributed by atoms with E-state index >= 15 is 0 Å². The molecule has 0 saturated heterocycles. The predicted octanol–water partition coefficient (Wildman–Crippen LogP) is 1.55. The van der Waals surface area contributed by atoms with Gasteiger partial charge in [-0.05, 0) is 17.7 Å². The van der Waals surface area contributed by atoms with Crippen molar-refractivity contribution in [3.05, 3.63) is 54.4 Å². The molecule has 6 heteroatoms. The summed E-state index contributed by atoms with van der Waals surface area (Å²) in [5, 5.41) is 2.77. The topological polar surface area (TPSA) is 80.9 Å². The molecular formula is C13H10N4O2. The van der Waals surface area contributed by atoms with Gasteiger partial charge in [0.25, 0.3) is 5.91 Å². The molecule has 94 valence electrons. The van der Waals surface area contributed by atoms with Gasteiger partial charge in [0, 0.05) is 18.9 Å². The number of carbonyl (C=O) groups excluding carboxylic acids is 1. The zero-order valence-corrected chi connectivity index (χ0v) is 9.91. The summed E-state index contributed by atoms with van der Waals surface area (Å²) in [7, 11) is 0. The van der Waals surface area contributed by atoms with Crippen LogP contribution < -0.4 is 5.32 Å². The summed E-state index contributed by atoms with van der Waals surface area (Å²) in [6.07, 6.45) is 5.83. The Morgan fingerprint density at radius 1 is 1.26 bits per heavy atom. The fraction of sp³-hybridized carbons (Fsp3) is 0.0769. The van der Waals surface area contributed by atoms with E-state index in [9.17, 15) is 4.79 Å². The first-order valence-electron chi connectivity index (χ1n) is 5.69. The molecule has 6 nitrogen and oxygen atoms in total. The molecule has 0 aliphatic heterocycles. The molecule has 1 aromatic carbocycles. The van der Waals surface area contributed by atoms with Crippen molar-refractivity contribution in [2.45, 2.75) is 6.54 Å². The average molecular weight is 254 g/mol. The Morgan fingerprint density at radius 3 is 3.05 bits per heavy atom. The second-order valence-corrected chi connectivity index (χ2v) is 3.93. The van der Waals surface area contributed by atoms with Crippen LogP contribution in [0.3, 0.4) is 0 Å². The van der Waals surface area contributed by atoms with Crippen LogP contribution in [0.1, 0.15) is 16.1 Å². The van der Waals surface area contributed by atoms with Crippen molar-refractivity contribution in [3.63, 3.8) is 0 Å². The molecule has 0 aliphatic rings. The van der Waals surface area contributed by atoms with Crippen molar-refractivity contribution >= 4 is 17.0 Å². The van der Waals surface area contributed by atoms with Crippen LogP contribution in [0.25, 0.3) is 11.1 Å². The number of amides is 1. The molecule has 1 N–H and O–H groups in total. The normalized spacial score (nSPS) is 10.5. The Morgan fingerprint density at radius 2 is 2.21 bits per heavy atom. The van der Waals surface area contributed by atoms with E-state index in [0.717, 1.165) is 11.1 Å². The molecule has 2 heterocycles. The molecule has 0 aliphatic carbocycles. The molecule has 0 unspecified atom stereocenters. The zero-order valence-electron chi connectivity index (χ0n) is 9.91. The summed E-state index contributed by atoms with van der Waals surface area (Å²) in [4.78, 5) is 23.6. The zero-order chi connectivity index (χ0) is 13.1. The third kappa shape index (κ3) is 2.42. The first kappa shape index (κ1) is 11.3. The number of hydrogen-bond donors (Lipinski definition) is 1. The number of fused-ring (bicyclic) bond motifs is 1. The summed E-state index contributed by atoms with van der Waals surface area (Å²) in [5.41, 5.74) is 2.72. The average Bonchev–Trinajstić information content (AvgIpc) is 2.93. The van der Waals surface area contributed by atoms with E-state index in [1.807, 2.05) is 18.2 Å². The molecule has 2 aromatic heterocycles. The van der Waals surface area contributed by atoms with E-state index in [1.54, 1.807) is 0 Å². The van der Waals surface area contributed by atoms with E-state index in [-0.39, 0.29) is 5.91 Å². The summed E-state index contributed by atoms with van der Waals surface area (Å²) >= 11 is 0. The summed E-state index contributed by atoms with van der Waals surface area (Å²) < 4.78 is 5.20. The fourth-order valence-corrected chi connectivity index (χ4v) is 1.70. The van der Waals surface area contributed by atoms with Crippen LogP contribution in [0.4, 0.5) is 0 Å². The molecule has 0 radical (unpaired) electrons. The van der Waals surface area contributed by atoms with Gasteiger partial charge >= 0.3 is 0 Å². The lowest BCUT2D eigenvalue weighted by atomic mass is 10.2. The van der Waals surface area contributed by atoms with E-state index < -0.39 is 0 Å². The second kappa shape index (κ2) is 4.85. The third-order valence-electron chi connectivity index (χ3n) is 2.64. The Labute approximate surface area is 108 Å². The van der Waals surface area contributed by atoms with Gasteiger partial charge in [0.1, 0.15) is 11.2 Å². The van der Waals surface area contributed by atoms with Crippen molar-refractivity contribution in [1.82, 2.24) is 20.3 Å². The van der Waals surface area contributed by atoms with Crippen LogP contribution in [0.15, 0.2) is 47.6 Å². The van der Waals surface area contributed by atoms with E-state index in [1.165, 1.54) is 25.0 Å². The minimum absolute atomic E-state index is 0.259. The Bertz CT molecular complexity index is 709. The van der Waals surface area contributed by atoms with Gasteiger partial charge in [0.05, 0.1) is 6.20 Å². The van der Waals surface area contributed by atoms with Gasteiger partial charge in [-0.15, -0.1) is 0 Å². The molecular weight excluding hydrogens is 244 g/mol. The maximum Gasteiger partial charge on any atom is 0.271 e. The molecule has 0 fully saturated rings. The predicted molar refractivity (Wildman–Crippen MR) is 67.2 cm³/mol. The van der Waals surface area contributed by atoms with Gasteiger partial charge in [-0.2, -0.15) is 0 Å². The molecule has 0 atom stereocenters. The van der Waals surface area contributed by atoms with Crippen LogP contribution in [-0.2, 0) is 6.54 Å². The van der Waals surface area contributed by atoms with Gasteiger partial charge < -0.3 is 9.73 Å². The molecule has 0 saturated carbocycles. The van der Waals surface area contributed by atoms with Crippen molar-refractivity contribution < 1.29 is 9.21 Å². The summed E-state index contributed by atoms with van der Waals surface area (Å²) in [6, 6.07) is 5.59. The van der Waals surface area contributed by atoms with Gasteiger partial charge in [-0.25, -0.2) is 9.97 Å². The number of nitrogens with zero attached hydrogens (tertiary/aromatic N) is 3. The highest BCUT2D eigenvalue weighted by atomic mass is 16.3. The van der Waals surface area contributed by atoms with Crippen LogP contribution in [0, 0.1) is 0 Å². The van der Waals surface area contributed by atoms with Gasteiger partial charge in [-0.1, -0.05) is 6.07 Å². The Hall–Kier alpha value is -2.76. The maximum atomic E-state index is 11.8. The van der Waals surface area contributed by atoms with Crippen molar-refractivity contribution in [3.8, 4) is 0 Å². The van der Waals surface area contributed by atoms with E-state index in [2.05, 4.69) is 20.3 Å². The van der Waals surface area contributed by atoms with Crippen molar-refractivity contribution in [1.29, 1.82) is 0 Å². The summed E-state index contributed by atoms with van der Waals surface area (Å²) in [5.74, 6) is -0.259. The van der Waals surface area contributed by atoms with E-state index in [0.29, 0.717) is 17.8 Å². The number of carbonyl (C=O) groups is 1. The number of aromatic nitrogens is 3. The van der Waals surface area contributed by atoms with Crippen LogP contribution in [-0.4, -0.2) is 20.9 Å². The van der Waals surface area contributed by atoms with Gasteiger partial charge in [0.15, 0.2) is 12.0 Å². The summed E-state index contributed by atoms with van der Waals surface area (Å²) in [6.45, 7) is 0.395. The quantitative estimate of drug-likeness (QED) is 0.766. The molecule has 0 bridgehead atoms. The standard InChI is InChI=1S/C13H10N4O2/c18-13(11-7-14-3-4-15-11)16-6-9-1-2-10-12(5-9)19-8-17-10/h1-5,7-8H,6H2,(H,16,18). The lowest BCUT2D eigenvalue weighted by Crippen LogP contribution is -2.23.